The normalized spacial score (nSPS) is 20.3. The van der Waals surface area contributed by atoms with Crippen LogP contribution in [0.15, 0.2) is 12.3 Å². The van der Waals surface area contributed by atoms with Gasteiger partial charge in [-0.1, -0.05) is 0 Å². The first-order valence-electron chi connectivity index (χ1n) is 7.20. The number of aryl methyl sites for hydroxylation is 2. The number of primary amides is 1. The van der Waals surface area contributed by atoms with Gasteiger partial charge in [0.05, 0.1) is 5.92 Å². The molecule has 1 atom stereocenters. The van der Waals surface area contributed by atoms with Gasteiger partial charge in [-0.3, -0.25) is 14.3 Å². The summed E-state index contributed by atoms with van der Waals surface area (Å²) in [6.07, 6.45) is 2.81. The summed E-state index contributed by atoms with van der Waals surface area (Å²) in [5, 5.41) is 4.09. The zero-order valence-corrected chi connectivity index (χ0v) is 12.7. The van der Waals surface area contributed by atoms with Gasteiger partial charge in [0.2, 0.25) is 11.8 Å². The van der Waals surface area contributed by atoms with Gasteiger partial charge in [0.25, 0.3) is 0 Å². The topological polar surface area (TPSA) is 84.5 Å². The van der Waals surface area contributed by atoms with Gasteiger partial charge in [-0.15, -0.1) is 0 Å². The molecule has 1 aliphatic heterocycles. The van der Waals surface area contributed by atoms with Crippen LogP contribution in [0.2, 0.25) is 0 Å². The van der Waals surface area contributed by atoms with Gasteiger partial charge in [0, 0.05) is 51.5 Å². The molecule has 0 bridgehead atoms. The molecule has 2 heterocycles. The van der Waals surface area contributed by atoms with Crippen molar-refractivity contribution in [3.63, 3.8) is 0 Å². The maximum absolute atomic E-state index is 12.4. The molecule has 1 aliphatic rings. The predicted molar refractivity (Wildman–Crippen MR) is 78.3 cm³/mol. The van der Waals surface area contributed by atoms with Crippen LogP contribution in [0.3, 0.4) is 0 Å². The lowest BCUT2D eigenvalue weighted by Crippen LogP contribution is -2.40. The van der Waals surface area contributed by atoms with Crippen LogP contribution in [0.25, 0.3) is 0 Å². The summed E-state index contributed by atoms with van der Waals surface area (Å²) in [5.74, 6) is -0.566. The van der Waals surface area contributed by atoms with Crippen molar-refractivity contribution >= 4 is 11.8 Å². The molecule has 1 unspecified atom stereocenters. The monoisotopic (exact) mass is 293 g/mol. The highest BCUT2D eigenvalue weighted by atomic mass is 16.2. The van der Waals surface area contributed by atoms with Crippen LogP contribution in [-0.4, -0.2) is 64.6 Å². The van der Waals surface area contributed by atoms with Gasteiger partial charge in [0.1, 0.15) is 0 Å². The van der Waals surface area contributed by atoms with Crippen LogP contribution in [0.1, 0.15) is 12.1 Å². The fourth-order valence-electron chi connectivity index (χ4n) is 2.62. The molecular formula is C14H23N5O2. The maximum Gasteiger partial charge on any atom is 0.223 e. The Hall–Kier alpha value is -1.89. The van der Waals surface area contributed by atoms with Gasteiger partial charge in [-0.25, -0.2) is 0 Å². The second kappa shape index (κ2) is 6.71. The Labute approximate surface area is 124 Å². The van der Waals surface area contributed by atoms with E-state index in [4.69, 9.17) is 5.73 Å². The van der Waals surface area contributed by atoms with E-state index >= 15 is 0 Å². The van der Waals surface area contributed by atoms with Crippen molar-refractivity contribution in [2.24, 2.45) is 18.7 Å². The molecule has 0 radical (unpaired) electrons. The molecule has 0 saturated carbocycles. The standard InChI is InChI=1S/C14H23N5O2/c1-17-7-8-19(10-11(9-17)14(15)21)13(20)4-3-12-5-6-16-18(12)2/h5-6,11H,3-4,7-10H2,1-2H3,(H2,15,21). The van der Waals surface area contributed by atoms with E-state index in [0.717, 1.165) is 12.2 Å². The highest BCUT2D eigenvalue weighted by Crippen LogP contribution is 2.11. The minimum atomic E-state index is -0.340. The van der Waals surface area contributed by atoms with Crippen LogP contribution in [0.4, 0.5) is 0 Å². The van der Waals surface area contributed by atoms with Crippen molar-refractivity contribution in [2.75, 3.05) is 33.2 Å². The summed E-state index contributed by atoms with van der Waals surface area (Å²) in [6, 6.07) is 1.91. The van der Waals surface area contributed by atoms with Crippen molar-refractivity contribution < 1.29 is 9.59 Å². The molecule has 116 valence electrons. The number of nitrogens with two attached hydrogens (primary N) is 1. The molecule has 1 aromatic rings. The third-order valence-electron chi connectivity index (χ3n) is 4.00. The summed E-state index contributed by atoms with van der Waals surface area (Å²) in [7, 11) is 3.81. The molecular weight excluding hydrogens is 270 g/mol. The van der Waals surface area contributed by atoms with E-state index in [1.54, 1.807) is 15.8 Å². The molecule has 1 saturated heterocycles. The molecule has 7 heteroatoms. The molecule has 1 aromatic heterocycles. The third kappa shape index (κ3) is 4.04. The SMILES string of the molecule is CN1CCN(C(=O)CCc2ccnn2C)CC(C(N)=O)C1. The number of carbonyl (C=O) groups excluding carboxylic acids is 2. The fourth-order valence-corrected chi connectivity index (χ4v) is 2.62. The molecule has 0 aliphatic carbocycles. The smallest absolute Gasteiger partial charge is 0.223 e. The number of nitrogens with zero attached hydrogens (tertiary/aromatic N) is 4. The zero-order valence-electron chi connectivity index (χ0n) is 12.7. The minimum Gasteiger partial charge on any atom is -0.369 e. The second-order valence-corrected chi connectivity index (χ2v) is 5.65. The molecule has 2 N–H and O–H groups in total. The van der Waals surface area contributed by atoms with E-state index in [2.05, 4.69) is 5.10 Å². The van der Waals surface area contributed by atoms with Gasteiger partial charge in [-0.05, 0) is 19.5 Å². The number of hydrogen-bond donors (Lipinski definition) is 1. The largest absolute Gasteiger partial charge is 0.369 e. The average molecular weight is 293 g/mol. The van der Waals surface area contributed by atoms with E-state index in [-0.39, 0.29) is 17.7 Å². The zero-order chi connectivity index (χ0) is 15.4. The highest BCUT2D eigenvalue weighted by Gasteiger charge is 2.27. The van der Waals surface area contributed by atoms with Crippen molar-refractivity contribution in [2.45, 2.75) is 12.8 Å². The Morgan fingerprint density at radius 2 is 2.10 bits per heavy atom. The first kappa shape index (κ1) is 15.5. The van der Waals surface area contributed by atoms with Crippen LogP contribution < -0.4 is 5.73 Å². The Morgan fingerprint density at radius 3 is 2.71 bits per heavy atom. The van der Waals surface area contributed by atoms with Crippen molar-refractivity contribution in [1.82, 2.24) is 19.6 Å². The lowest BCUT2D eigenvalue weighted by molar-refractivity contribution is -0.132. The van der Waals surface area contributed by atoms with E-state index in [1.165, 1.54) is 0 Å². The quantitative estimate of drug-likeness (QED) is 0.790. The predicted octanol–water partition coefficient (Wildman–Crippen LogP) is -0.772. The highest BCUT2D eigenvalue weighted by molar-refractivity contribution is 5.80. The Kier molecular flexibility index (Phi) is 4.95. The maximum atomic E-state index is 12.4. The van der Waals surface area contributed by atoms with E-state index in [0.29, 0.717) is 32.5 Å². The fraction of sp³-hybridized carbons (Fsp3) is 0.643. The summed E-state index contributed by atoms with van der Waals surface area (Å²) >= 11 is 0. The third-order valence-corrected chi connectivity index (χ3v) is 4.00. The van der Waals surface area contributed by atoms with E-state index < -0.39 is 0 Å². The average Bonchev–Trinajstić information content (AvgIpc) is 2.72. The summed E-state index contributed by atoms with van der Waals surface area (Å²) in [4.78, 5) is 27.6. The van der Waals surface area contributed by atoms with E-state index in [9.17, 15) is 9.59 Å². The van der Waals surface area contributed by atoms with Gasteiger partial charge in [-0.2, -0.15) is 5.10 Å². The number of carbonyl (C=O) groups is 2. The van der Waals surface area contributed by atoms with Crippen LogP contribution >= 0.6 is 0 Å². The molecule has 0 spiro atoms. The summed E-state index contributed by atoms with van der Waals surface area (Å²) < 4.78 is 1.77. The van der Waals surface area contributed by atoms with Crippen LogP contribution in [0.5, 0.6) is 0 Å². The van der Waals surface area contributed by atoms with Crippen LogP contribution in [0, 0.1) is 5.92 Å². The van der Waals surface area contributed by atoms with Crippen molar-refractivity contribution in [3.8, 4) is 0 Å². The number of likely N-dealkylation sites (N-methyl/N-ethyl adjacent to an activating group) is 1. The van der Waals surface area contributed by atoms with Crippen LogP contribution in [-0.2, 0) is 23.1 Å². The number of hydrogen-bond acceptors (Lipinski definition) is 4. The molecule has 21 heavy (non-hydrogen) atoms. The van der Waals surface area contributed by atoms with Gasteiger partial charge >= 0.3 is 0 Å². The Bertz CT molecular complexity index is 513. The van der Waals surface area contributed by atoms with Gasteiger partial charge < -0.3 is 15.5 Å². The molecule has 1 fully saturated rings. The first-order chi connectivity index (χ1) is 9.97. The van der Waals surface area contributed by atoms with E-state index in [1.807, 2.05) is 25.1 Å². The Balaban J connectivity index is 1.94. The Morgan fingerprint density at radius 1 is 1.33 bits per heavy atom. The number of rotatable bonds is 4. The second-order valence-electron chi connectivity index (χ2n) is 5.65. The first-order valence-corrected chi connectivity index (χ1v) is 7.20. The summed E-state index contributed by atoms with van der Waals surface area (Å²) in [6.45, 7) is 2.44. The molecule has 7 nitrogen and oxygen atoms in total. The van der Waals surface area contributed by atoms with Crippen molar-refractivity contribution in [1.29, 1.82) is 0 Å². The molecule has 2 rings (SSSR count). The number of amides is 2. The lowest BCUT2D eigenvalue weighted by atomic mass is 10.1. The number of aromatic nitrogens is 2. The summed E-state index contributed by atoms with van der Waals surface area (Å²) in [5.41, 5.74) is 6.45. The van der Waals surface area contributed by atoms with Crippen molar-refractivity contribution in [3.05, 3.63) is 18.0 Å². The lowest BCUT2D eigenvalue weighted by Gasteiger charge is -2.22. The minimum absolute atomic E-state index is 0.0674. The molecule has 2 amide bonds. The molecule has 0 aromatic carbocycles. The van der Waals surface area contributed by atoms with Gasteiger partial charge in [0.15, 0.2) is 0 Å².